The number of hydrogen-bond donors (Lipinski definition) is 1. The van der Waals surface area contributed by atoms with Crippen LogP contribution in [-0.2, 0) is 4.79 Å². The zero-order valence-corrected chi connectivity index (χ0v) is 15.5. The van der Waals surface area contributed by atoms with Crippen LogP contribution in [-0.4, -0.2) is 38.8 Å². The van der Waals surface area contributed by atoms with Crippen LogP contribution in [0.1, 0.15) is 42.9 Å². The molecule has 2 atom stereocenters. The van der Waals surface area contributed by atoms with E-state index in [4.69, 9.17) is 4.98 Å². The van der Waals surface area contributed by atoms with E-state index in [1.54, 1.807) is 23.1 Å². The number of thiophene rings is 1. The highest BCUT2D eigenvalue weighted by Gasteiger charge is 2.32. The zero-order valence-electron chi connectivity index (χ0n) is 13.8. The molecule has 124 valence electrons. The van der Waals surface area contributed by atoms with Gasteiger partial charge < -0.3 is 9.88 Å². The van der Waals surface area contributed by atoms with Gasteiger partial charge in [0.25, 0.3) is 0 Å². The van der Waals surface area contributed by atoms with Crippen LogP contribution in [0.2, 0.25) is 0 Å². The van der Waals surface area contributed by atoms with Crippen molar-refractivity contribution in [3.8, 4) is 11.3 Å². The van der Waals surface area contributed by atoms with Gasteiger partial charge >= 0.3 is 0 Å². The van der Waals surface area contributed by atoms with Crippen molar-refractivity contribution < 1.29 is 4.79 Å². The third-order valence-electron chi connectivity index (χ3n) is 4.43. The topological polar surface area (TPSA) is 49.0 Å². The highest BCUT2D eigenvalue weighted by atomic mass is 32.2. The molecule has 0 radical (unpaired) electrons. The van der Waals surface area contributed by atoms with E-state index in [9.17, 15) is 4.79 Å². The SMILES string of the molecule is CSC(C)C(=O)N1CCCCC1c1nc(-c2csc(C)c2)c[nH]1. The van der Waals surface area contributed by atoms with Gasteiger partial charge in [-0.1, -0.05) is 0 Å². The number of aromatic nitrogens is 2. The summed E-state index contributed by atoms with van der Waals surface area (Å²) in [6, 6.07) is 2.24. The molecule has 23 heavy (non-hydrogen) atoms. The van der Waals surface area contributed by atoms with E-state index in [1.807, 2.05) is 24.3 Å². The molecule has 2 aromatic heterocycles. The Bertz CT molecular complexity index is 679. The Kier molecular flexibility index (Phi) is 5.11. The fourth-order valence-corrected chi connectivity index (χ4v) is 4.08. The summed E-state index contributed by atoms with van der Waals surface area (Å²) in [5, 5.41) is 2.14. The molecule has 1 saturated heterocycles. The average Bonchev–Trinajstić information content (AvgIpc) is 3.22. The van der Waals surface area contributed by atoms with Gasteiger partial charge in [0.05, 0.1) is 17.0 Å². The van der Waals surface area contributed by atoms with E-state index in [0.717, 1.165) is 42.9 Å². The number of aryl methyl sites for hydroxylation is 1. The molecule has 1 fully saturated rings. The first kappa shape index (κ1) is 16.6. The number of nitrogens with zero attached hydrogens (tertiary/aromatic N) is 2. The van der Waals surface area contributed by atoms with Gasteiger partial charge in [-0.05, 0) is 45.4 Å². The molecule has 0 aliphatic carbocycles. The van der Waals surface area contributed by atoms with Crippen molar-refractivity contribution in [2.24, 2.45) is 0 Å². The minimum atomic E-state index is 0.00422. The first-order chi connectivity index (χ1) is 11.1. The van der Waals surface area contributed by atoms with Crippen LogP contribution >= 0.6 is 23.1 Å². The molecule has 1 N–H and O–H groups in total. The number of amides is 1. The van der Waals surface area contributed by atoms with Gasteiger partial charge in [-0.15, -0.1) is 11.3 Å². The smallest absolute Gasteiger partial charge is 0.236 e. The lowest BCUT2D eigenvalue weighted by Crippen LogP contribution is -2.42. The van der Waals surface area contributed by atoms with Crippen LogP contribution in [0.25, 0.3) is 11.3 Å². The number of carbonyl (C=O) groups is 1. The molecule has 6 heteroatoms. The molecule has 0 spiro atoms. The monoisotopic (exact) mass is 349 g/mol. The largest absolute Gasteiger partial charge is 0.346 e. The highest BCUT2D eigenvalue weighted by Crippen LogP contribution is 2.32. The van der Waals surface area contributed by atoms with E-state index in [-0.39, 0.29) is 17.2 Å². The number of nitrogens with one attached hydrogen (secondary N) is 1. The third-order valence-corrected chi connectivity index (χ3v) is 6.20. The number of H-pyrrole nitrogens is 1. The predicted octanol–water partition coefficient (Wildman–Crippen LogP) is 4.25. The second kappa shape index (κ2) is 7.09. The van der Waals surface area contributed by atoms with Gasteiger partial charge in [-0.2, -0.15) is 11.8 Å². The van der Waals surface area contributed by atoms with Crippen LogP contribution in [0.15, 0.2) is 17.6 Å². The van der Waals surface area contributed by atoms with Crippen LogP contribution in [0.3, 0.4) is 0 Å². The Morgan fingerprint density at radius 3 is 3.04 bits per heavy atom. The van der Waals surface area contributed by atoms with Gasteiger partial charge in [-0.3, -0.25) is 4.79 Å². The second-order valence-corrected chi connectivity index (χ2v) is 8.33. The van der Waals surface area contributed by atoms with Crippen molar-refractivity contribution in [2.75, 3.05) is 12.8 Å². The number of likely N-dealkylation sites (tertiary alicyclic amines) is 1. The summed E-state index contributed by atoms with van der Waals surface area (Å²) < 4.78 is 0. The van der Waals surface area contributed by atoms with Crippen LogP contribution < -0.4 is 0 Å². The fourth-order valence-electron chi connectivity index (χ4n) is 3.05. The number of piperidine rings is 1. The number of rotatable bonds is 4. The molecule has 2 aromatic rings. The van der Waals surface area contributed by atoms with Gasteiger partial charge in [-0.25, -0.2) is 4.98 Å². The van der Waals surface area contributed by atoms with E-state index in [2.05, 4.69) is 23.4 Å². The number of imidazole rings is 1. The fraction of sp³-hybridized carbons (Fsp3) is 0.529. The van der Waals surface area contributed by atoms with Crippen molar-refractivity contribution in [3.63, 3.8) is 0 Å². The van der Waals surface area contributed by atoms with Crippen molar-refractivity contribution in [2.45, 2.75) is 44.4 Å². The average molecular weight is 350 g/mol. The van der Waals surface area contributed by atoms with Crippen molar-refractivity contribution >= 4 is 29.0 Å². The predicted molar refractivity (Wildman–Crippen MR) is 97.9 cm³/mol. The third kappa shape index (κ3) is 3.48. The second-order valence-electron chi connectivity index (χ2n) is 6.04. The Hall–Kier alpha value is -1.27. The quantitative estimate of drug-likeness (QED) is 0.897. The maximum atomic E-state index is 12.7. The summed E-state index contributed by atoms with van der Waals surface area (Å²) in [4.78, 5) is 24.1. The van der Waals surface area contributed by atoms with Gasteiger partial charge in [0.15, 0.2) is 0 Å². The number of aromatic amines is 1. The lowest BCUT2D eigenvalue weighted by molar-refractivity contribution is -0.134. The number of carbonyl (C=O) groups excluding carboxylic acids is 1. The van der Waals surface area contributed by atoms with E-state index in [0.29, 0.717) is 0 Å². The normalized spacial score (nSPS) is 19.8. The standard InChI is InChI=1S/C17H23N3OS2/c1-11-8-13(10-23-11)14-9-18-16(19-14)15-6-4-5-7-20(15)17(21)12(2)22-3/h8-10,12,15H,4-7H2,1-3H3,(H,18,19). The van der Waals surface area contributed by atoms with Gasteiger partial charge in [0.1, 0.15) is 5.82 Å². The summed E-state index contributed by atoms with van der Waals surface area (Å²) in [6.07, 6.45) is 7.18. The maximum Gasteiger partial charge on any atom is 0.236 e. The number of thioether (sulfide) groups is 1. The summed E-state index contributed by atoms with van der Waals surface area (Å²) in [5.41, 5.74) is 2.13. The van der Waals surface area contributed by atoms with E-state index in [1.165, 1.54) is 4.88 Å². The number of hydrogen-bond acceptors (Lipinski definition) is 4. The summed E-state index contributed by atoms with van der Waals surface area (Å²) >= 11 is 3.34. The molecule has 3 heterocycles. The molecule has 1 aliphatic rings. The minimum absolute atomic E-state index is 0.00422. The van der Waals surface area contributed by atoms with Crippen LogP contribution in [0.4, 0.5) is 0 Å². The molecule has 1 aliphatic heterocycles. The maximum absolute atomic E-state index is 12.7. The molecule has 1 amide bonds. The van der Waals surface area contributed by atoms with Crippen molar-refractivity contribution in [1.29, 1.82) is 0 Å². The van der Waals surface area contributed by atoms with E-state index >= 15 is 0 Å². The lowest BCUT2D eigenvalue weighted by Gasteiger charge is -2.36. The molecule has 4 nitrogen and oxygen atoms in total. The molecule has 3 rings (SSSR count). The summed E-state index contributed by atoms with van der Waals surface area (Å²) in [7, 11) is 0. The van der Waals surface area contributed by atoms with Gasteiger partial charge in [0, 0.05) is 28.6 Å². The van der Waals surface area contributed by atoms with Crippen LogP contribution in [0.5, 0.6) is 0 Å². The zero-order chi connectivity index (χ0) is 16.4. The molecular weight excluding hydrogens is 326 g/mol. The summed E-state index contributed by atoms with van der Waals surface area (Å²) in [6.45, 7) is 4.93. The Labute approximate surface area is 145 Å². The van der Waals surface area contributed by atoms with E-state index < -0.39 is 0 Å². The summed E-state index contributed by atoms with van der Waals surface area (Å²) in [5.74, 6) is 1.15. The first-order valence-corrected chi connectivity index (χ1v) is 10.2. The van der Waals surface area contributed by atoms with Crippen molar-refractivity contribution in [3.05, 3.63) is 28.3 Å². The molecule has 0 saturated carbocycles. The van der Waals surface area contributed by atoms with Gasteiger partial charge in [0.2, 0.25) is 5.91 Å². The molecule has 0 bridgehead atoms. The molecular formula is C17H23N3OS2. The molecule has 0 aromatic carbocycles. The van der Waals surface area contributed by atoms with Crippen LogP contribution in [0, 0.1) is 6.92 Å². The lowest BCUT2D eigenvalue weighted by atomic mass is 10.0. The molecule has 2 unspecified atom stereocenters. The Morgan fingerprint density at radius 2 is 2.35 bits per heavy atom. The highest BCUT2D eigenvalue weighted by molar-refractivity contribution is 7.99. The minimum Gasteiger partial charge on any atom is -0.346 e. The Morgan fingerprint density at radius 1 is 1.52 bits per heavy atom. The Balaban J connectivity index is 1.83. The first-order valence-electron chi connectivity index (χ1n) is 8.04. The van der Waals surface area contributed by atoms with Crippen molar-refractivity contribution in [1.82, 2.24) is 14.9 Å².